The Hall–Kier alpha value is -0.640. The number of ether oxygens (including phenoxy) is 1. The van der Waals surface area contributed by atoms with Crippen LogP contribution in [0.4, 0.5) is 0 Å². The zero-order valence-electron chi connectivity index (χ0n) is 14.1. The molecule has 0 aliphatic heterocycles. The van der Waals surface area contributed by atoms with E-state index in [0.29, 0.717) is 10.0 Å². The Morgan fingerprint density at radius 3 is 2.14 bits per heavy atom. The highest BCUT2D eigenvalue weighted by Crippen LogP contribution is 2.30. The average Bonchev–Trinajstić information content (AvgIpc) is 2.60. The number of hydrogen-bond donors (Lipinski definition) is 2. The van der Waals surface area contributed by atoms with Gasteiger partial charge in [0, 0.05) is 10.0 Å². The van der Waals surface area contributed by atoms with Crippen molar-refractivity contribution in [2.24, 2.45) is 0 Å². The molecule has 0 fully saturated rings. The van der Waals surface area contributed by atoms with Crippen LogP contribution in [0.3, 0.4) is 0 Å². The number of alkyl halides is 3. The number of benzene rings is 2. The standard InChI is InChI=1S/C16H12Cl6N2O4S/c17-9-1-4-11(5-2-9)29(26,27)24-15(16(20,21)22)23-14(25)8-28-13-6-3-10(18)7-12(13)19/h1-7,15,24H,8H2,(H,23,25). The molecule has 29 heavy (non-hydrogen) atoms. The Morgan fingerprint density at radius 2 is 1.59 bits per heavy atom. The maximum atomic E-state index is 12.5. The number of hydrogen-bond acceptors (Lipinski definition) is 4. The van der Waals surface area contributed by atoms with Crippen LogP contribution in [0, 0.1) is 0 Å². The van der Waals surface area contributed by atoms with Gasteiger partial charge in [-0.25, -0.2) is 8.42 Å². The van der Waals surface area contributed by atoms with Crippen molar-refractivity contribution < 1.29 is 17.9 Å². The third-order valence-electron chi connectivity index (χ3n) is 3.28. The number of halogens is 6. The van der Waals surface area contributed by atoms with Gasteiger partial charge < -0.3 is 10.1 Å². The van der Waals surface area contributed by atoms with E-state index in [-0.39, 0.29) is 15.7 Å². The number of rotatable bonds is 7. The molecule has 0 aliphatic carbocycles. The molecule has 0 spiro atoms. The normalized spacial score (nSPS) is 13.0. The molecular formula is C16H12Cl6N2O4S. The smallest absolute Gasteiger partial charge is 0.259 e. The molecule has 13 heteroatoms. The van der Waals surface area contributed by atoms with Crippen LogP contribution in [-0.4, -0.2) is 30.9 Å². The predicted octanol–water partition coefficient (Wildman–Crippen LogP) is 4.82. The third kappa shape index (κ3) is 7.52. The van der Waals surface area contributed by atoms with Gasteiger partial charge in [-0.15, -0.1) is 0 Å². The Balaban J connectivity index is 2.08. The molecule has 1 amide bonds. The lowest BCUT2D eigenvalue weighted by Gasteiger charge is -2.26. The molecule has 2 N–H and O–H groups in total. The predicted molar refractivity (Wildman–Crippen MR) is 116 cm³/mol. The minimum Gasteiger partial charge on any atom is -0.482 e. The summed E-state index contributed by atoms with van der Waals surface area (Å²) >= 11 is 34.9. The quantitative estimate of drug-likeness (QED) is 0.390. The van der Waals surface area contributed by atoms with Crippen LogP contribution in [0.1, 0.15) is 0 Å². The Bertz CT molecular complexity index is 980. The summed E-state index contributed by atoms with van der Waals surface area (Å²) in [6.07, 6.45) is -1.59. The monoisotopic (exact) mass is 538 g/mol. The fraction of sp³-hybridized carbons (Fsp3) is 0.188. The summed E-state index contributed by atoms with van der Waals surface area (Å²) < 4.78 is 30.2. The van der Waals surface area contributed by atoms with Gasteiger partial charge in [-0.2, -0.15) is 4.72 Å². The van der Waals surface area contributed by atoms with Crippen molar-refractivity contribution in [3.05, 3.63) is 57.5 Å². The Morgan fingerprint density at radius 1 is 1.00 bits per heavy atom. The van der Waals surface area contributed by atoms with E-state index in [9.17, 15) is 13.2 Å². The zero-order chi connectivity index (χ0) is 21.8. The number of nitrogens with one attached hydrogen (secondary N) is 2. The Kier molecular flexibility index (Phi) is 8.59. The molecule has 0 aromatic heterocycles. The first-order valence-electron chi connectivity index (χ1n) is 7.60. The van der Waals surface area contributed by atoms with Crippen molar-refractivity contribution in [3.63, 3.8) is 0 Å². The first-order chi connectivity index (χ1) is 13.4. The maximum Gasteiger partial charge on any atom is 0.259 e. The van der Waals surface area contributed by atoms with Crippen molar-refractivity contribution in [3.8, 4) is 5.75 Å². The van der Waals surface area contributed by atoms with Gasteiger partial charge >= 0.3 is 0 Å². The summed E-state index contributed by atoms with van der Waals surface area (Å²) in [6, 6.07) is 9.69. The van der Waals surface area contributed by atoms with E-state index in [0.717, 1.165) is 0 Å². The van der Waals surface area contributed by atoms with Crippen molar-refractivity contribution in [2.75, 3.05) is 6.61 Å². The van der Waals surface area contributed by atoms with Crippen LogP contribution in [0.25, 0.3) is 0 Å². The SMILES string of the molecule is O=C(COc1ccc(Cl)cc1Cl)NC(NS(=O)(=O)c1ccc(Cl)cc1)C(Cl)(Cl)Cl. The Labute approximate surface area is 197 Å². The van der Waals surface area contributed by atoms with E-state index in [1.807, 2.05) is 0 Å². The van der Waals surface area contributed by atoms with Gasteiger partial charge in [0.1, 0.15) is 11.9 Å². The average molecular weight is 541 g/mol. The molecule has 2 aromatic carbocycles. The number of carbonyl (C=O) groups excluding carboxylic acids is 1. The molecule has 1 unspecified atom stereocenters. The fourth-order valence-corrected chi connectivity index (χ4v) is 4.24. The topological polar surface area (TPSA) is 84.5 Å². The highest BCUT2D eigenvalue weighted by molar-refractivity contribution is 7.89. The lowest BCUT2D eigenvalue weighted by molar-refractivity contribution is -0.123. The summed E-state index contributed by atoms with van der Waals surface area (Å²) in [5.74, 6) is -0.579. The molecule has 6 nitrogen and oxygen atoms in total. The fourth-order valence-electron chi connectivity index (χ4n) is 1.95. The summed E-state index contributed by atoms with van der Waals surface area (Å²) in [5.41, 5.74) is 0. The summed E-state index contributed by atoms with van der Waals surface area (Å²) in [6.45, 7) is -0.527. The number of carbonyl (C=O) groups is 1. The molecule has 158 valence electrons. The lowest BCUT2D eigenvalue weighted by Crippen LogP contribution is -2.56. The molecule has 0 radical (unpaired) electrons. The van der Waals surface area contributed by atoms with Crippen LogP contribution in [0.2, 0.25) is 15.1 Å². The third-order valence-corrected chi connectivity index (χ3v) is 6.16. The van der Waals surface area contributed by atoms with E-state index in [1.165, 1.54) is 42.5 Å². The molecule has 0 bridgehead atoms. The minimum absolute atomic E-state index is 0.139. The zero-order valence-corrected chi connectivity index (χ0v) is 19.5. The van der Waals surface area contributed by atoms with Crippen LogP contribution < -0.4 is 14.8 Å². The van der Waals surface area contributed by atoms with Gasteiger partial charge in [0.25, 0.3) is 5.91 Å². The van der Waals surface area contributed by atoms with E-state index in [2.05, 4.69) is 10.0 Å². The van der Waals surface area contributed by atoms with Gasteiger partial charge in [0.2, 0.25) is 13.8 Å². The van der Waals surface area contributed by atoms with Gasteiger partial charge in [0.05, 0.1) is 9.92 Å². The van der Waals surface area contributed by atoms with Crippen LogP contribution in [0.5, 0.6) is 5.75 Å². The van der Waals surface area contributed by atoms with Crippen LogP contribution in [0.15, 0.2) is 47.4 Å². The molecule has 2 aromatic rings. The van der Waals surface area contributed by atoms with Crippen molar-refractivity contribution >= 4 is 85.5 Å². The highest BCUT2D eigenvalue weighted by atomic mass is 35.6. The van der Waals surface area contributed by atoms with E-state index < -0.39 is 32.5 Å². The first kappa shape index (κ1) is 24.6. The second-order valence-electron chi connectivity index (χ2n) is 5.48. The number of amides is 1. The van der Waals surface area contributed by atoms with Gasteiger partial charge in [-0.05, 0) is 42.5 Å². The maximum absolute atomic E-state index is 12.5. The van der Waals surface area contributed by atoms with E-state index in [4.69, 9.17) is 74.3 Å². The van der Waals surface area contributed by atoms with E-state index in [1.54, 1.807) is 0 Å². The highest BCUT2D eigenvalue weighted by Gasteiger charge is 2.37. The molecule has 1 atom stereocenters. The summed E-state index contributed by atoms with van der Waals surface area (Å²) in [4.78, 5) is 12.0. The van der Waals surface area contributed by atoms with Crippen molar-refractivity contribution in [2.45, 2.75) is 14.9 Å². The van der Waals surface area contributed by atoms with Crippen molar-refractivity contribution in [1.29, 1.82) is 0 Å². The van der Waals surface area contributed by atoms with Gasteiger partial charge in [-0.3, -0.25) is 4.79 Å². The number of sulfonamides is 1. The first-order valence-corrected chi connectivity index (χ1v) is 11.4. The molecule has 0 aliphatic rings. The van der Waals surface area contributed by atoms with Crippen LogP contribution in [-0.2, 0) is 14.8 Å². The molecule has 0 saturated carbocycles. The second-order valence-corrected chi connectivity index (χ2v) is 10.8. The summed E-state index contributed by atoms with van der Waals surface area (Å²) in [7, 11) is -4.14. The molecule has 2 rings (SSSR count). The van der Waals surface area contributed by atoms with E-state index >= 15 is 0 Å². The molecule has 0 heterocycles. The van der Waals surface area contributed by atoms with Crippen LogP contribution >= 0.6 is 69.6 Å². The van der Waals surface area contributed by atoms with Crippen molar-refractivity contribution in [1.82, 2.24) is 10.0 Å². The largest absolute Gasteiger partial charge is 0.482 e. The second kappa shape index (κ2) is 10.1. The summed E-state index contributed by atoms with van der Waals surface area (Å²) in [5, 5.41) is 3.17. The van der Waals surface area contributed by atoms with Gasteiger partial charge in [0.15, 0.2) is 6.61 Å². The minimum atomic E-state index is -4.14. The molecular weight excluding hydrogens is 529 g/mol. The van der Waals surface area contributed by atoms with Gasteiger partial charge in [-0.1, -0.05) is 69.6 Å². The molecule has 0 saturated heterocycles. The lowest BCUT2D eigenvalue weighted by atomic mass is 10.3.